The van der Waals surface area contributed by atoms with E-state index >= 15 is 0 Å². The molecule has 0 spiro atoms. The molecular formula is C15H17N5O2S. The van der Waals surface area contributed by atoms with Gasteiger partial charge in [0.25, 0.3) is 0 Å². The normalized spacial score (nSPS) is 11.7. The Bertz CT molecular complexity index is 896. The average molecular weight is 331 g/mol. The monoisotopic (exact) mass is 331 g/mol. The van der Waals surface area contributed by atoms with Crippen LogP contribution in [0.2, 0.25) is 0 Å². The van der Waals surface area contributed by atoms with Crippen LogP contribution in [0.1, 0.15) is 11.1 Å². The molecule has 0 aliphatic heterocycles. The number of nitrogens with zero attached hydrogens (tertiary/aromatic N) is 4. The second-order valence-electron chi connectivity index (χ2n) is 5.41. The van der Waals surface area contributed by atoms with Gasteiger partial charge < -0.3 is 4.57 Å². The first kappa shape index (κ1) is 15.4. The molecule has 0 aliphatic carbocycles. The highest BCUT2D eigenvalue weighted by atomic mass is 32.2. The maximum absolute atomic E-state index is 12.5. The van der Waals surface area contributed by atoms with Crippen LogP contribution in [0, 0.1) is 6.92 Å². The lowest BCUT2D eigenvalue weighted by Gasteiger charge is -2.05. The van der Waals surface area contributed by atoms with E-state index in [0.29, 0.717) is 12.2 Å². The third-order valence-corrected chi connectivity index (χ3v) is 5.29. The van der Waals surface area contributed by atoms with Crippen LogP contribution >= 0.6 is 0 Å². The van der Waals surface area contributed by atoms with Crippen LogP contribution in [-0.4, -0.2) is 39.1 Å². The topological polar surface area (TPSA) is 93.5 Å². The summed E-state index contributed by atoms with van der Waals surface area (Å²) < 4.78 is 26.5. The predicted octanol–water partition coefficient (Wildman–Crippen LogP) is 1.53. The molecule has 0 unspecified atom stereocenters. The zero-order valence-corrected chi connectivity index (χ0v) is 13.7. The number of hydrogen-bond acceptors (Lipinski definition) is 5. The highest BCUT2D eigenvalue weighted by Crippen LogP contribution is 2.20. The molecule has 23 heavy (non-hydrogen) atoms. The van der Waals surface area contributed by atoms with Crippen molar-refractivity contribution in [3.8, 4) is 11.4 Å². The molecule has 120 valence electrons. The maximum atomic E-state index is 12.5. The molecule has 8 heteroatoms. The summed E-state index contributed by atoms with van der Waals surface area (Å²) in [6, 6.07) is 7.72. The van der Waals surface area contributed by atoms with Crippen molar-refractivity contribution in [3.63, 3.8) is 0 Å². The molecule has 7 nitrogen and oxygen atoms in total. The quantitative estimate of drug-likeness (QED) is 0.765. The number of sulfone groups is 1. The first-order chi connectivity index (χ1) is 11.0. The van der Waals surface area contributed by atoms with Crippen molar-refractivity contribution in [1.29, 1.82) is 0 Å². The van der Waals surface area contributed by atoms with E-state index in [2.05, 4.69) is 20.4 Å². The number of aromatic amines is 1. The van der Waals surface area contributed by atoms with Crippen LogP contribution in [0.25, 0.3) is 11.4 Å². The number of aryl methyl sites for hydroxylation is 2. The molecule has 0 amide bonds. The third-order valence-electron chi connectivity index (χ3n) is 3.64. The van der Waals surface area contributed by atoms with Crippen molar-refractivity contribution in [1.82, 2.24) is 25.0 Å². The van der Waals surface area contributed by atoms with Gasteiger partial charge >= 0.3 is 0 Å². The van der Waals surface area contributed by atoms with E-state index in [1.54, 1.807) is 19.4 Å². The van der Waals surface area contributed by atoms with E-state index < -0.39 is 9.84 Å². The standard InChI is InChI=1S/C15H17N5O2S/c1-11-3-5-13(6-4-11)14-18-19-15(20(14)2)23(21,22)8-7-12-9-16-17-10-12/h3-6,9-10H,7-8H2,1-2H3,(H,16,17). The molecule has 0 atom stereocenters. The lowest BCUT2D eigenvalue weighted by molar-refractivity contribution is 0.578. The lowest BCUT2D eigenvalue weighted by Crippen LogP contribution is -2.14. The van der Waals surface area contributed by atoms with Gasteiger partial charge in [0.1, 0.15) is 0 Å². The largest absolute Gasteiger partial charge is 0.301 e. The molecule has 0 radical (unpaired) electrons. The van der Waals surface area contributed by atoms with E-state index in [9.17, 15) is 8.42 Å². The van der Waals surface area contributed by atoms with Gasteiger partial charge in [-0.3, -0.25) is 5.10 Å². The summed E-state index contributed by atoms with van der Waals surface area (Å²) in [7, 11) is -1.85. The van der Waals surface area contributed by atoms with Crippen LogP contribution in [0.5, 0.6) is 0 Å². The minimum Gasteiger partial charge on any atom is -0.301 e. The van der Waals surface area contributed by atoms with Gasteiger partial charge in [0.2, 0.25) is 15.0 Å². The Labute approximate surface area is 134 Å². The van der Waals surface area contributed by atoms with Crippen molar-refractivity contribution >= 4 is 9.84 Å². The smallest absolute Gasteiger partial charge is 0.249 e. The first-order valence-electron chi connectivity index (χ1n) is 7.14. The number of hydrogen-bond donors (Lipinski definition) is 1. The van der Waals surface area contributed by atoms with Crippen molar-refractivity contribution in [2.75, 3.05) is 5.75 Å². The number of aromatic nitrogens is 5. The van der Waals surface area contributed by atoms with Gasteiger partial charge in [0.05, 0.1) is 11.9 Å². The van der Waals surface area contributed by atoms with Gasteiger partial charge in [0.15, 0.2) is 5.82 Å². The molecule has 0 saturated heterocycles. The Hall–Kier alpha value is -2.48. The Morgan fingerprint density at radius 3 is 2.57 bits per heavy atom. The Balaban J connectivity index is 1.87. The summed E-state index contributed by atoms with van der Waals surface area (Å²) in [5, 5.41) is 14.4. The van der Waals surface area contributed by atoms with Crippen LogP contribution in [0.4, 0.5) is 0 Å². The fraction of sp³-hybridized carbons (Fsp3) is 0.267. The third kappa shape index (κ3) is 3.16. The van der Waals surface area contributed by atoms with E-state index in [4.69, 9.17) is 0 Å². The summed E-state index contributed by atoms with van der Waals surface area (Å²) in [5.74, 6) is 0.499. The Morgan fingerprint density at radius 2 is 1.91 bits per heavy atom. The van der Waals surface area contributed by atoms with Crippen LogP contribution < -0.4 is 0 Å². The Kier molecular flexibility index (Phi) is 3.99. The maximum Gasteiger partial charge on any atom is 0.249 e. The zero-order valence-electron chi connectivity index (χ0n) is 12.9. The fourth-order valence-corrected chi connectivity index (χ4v) is 3.65. The number of nitrogens with one attached hydrogen (secondary N) is 1. The minimum absolute atomic E-state index is 0.0171. The SMILES string of the molecule is Cc1ccc(-c2nnc(S(=O)(=O)CCc3cn[nH]c3)n2C)cc1. The fourth-order valence-electron chi connectivity index (χ4n) is 2.30. The highest BCUT2D eigenvalue weighted by Gasteiger charge is 2.23. The molecule has 0 fully saturated rings. The molecule has 3 aromatic rings. The second kappa shape index (κ2) is 5.96. The predicted molar refractivity (Wildman–Crippen MR) is 85.5 cm³/mol. The summed E-state index contributed by atoms with van der Waals surface area (Å²) in [4.78, 5) is 0. The van der Waals surface area contributed by atoms with Gasteiger partial charge in [-0.05, 0) is 18.9 Å². The van der Waals surface area contributed by atoms with E-state index in [-0.39, 0.29) is 10.9 Å². The van der Waals surface area contributed by atoms with E-state index in [1.807, 2.05) is 31.2 Å². The van der Waals surface area contributed by atoms with Crippen LogP contribution in [-0.2, 0) is 23.3 Å². The van der Waals surface area contributed by atoms with Gasteiger partial charge in [0, 0.05) is 18.8 Å². The Morgan fingerprint density at radius 1 is 1.17 bits per heavy atom. The van der Waals surface area contributed by atoms with Crippen molar-refractivity contribution in [3.05, 3.63) is 47.8 Å². The second-order valence-corrected chi connectivity index (χ2v) is 7.41. The average Bonchev–Trinajstić information content (AvgIpc) is 3.16. The molecule has 3 rings (SSSR count). The molecule has 0 bridgehead atoms. The lowest BCUT2D eigenvalue weighted by atomic mass is 10.1. The molecule has 2 heterocycles. The summed E-state index contributed by atoms with van der Waals surface area (Å²) in [5.41, 5.74) is 2.81. The van der Waals surface area contributed by atoms with Crippen molar-refractivity contribution in [2.24, 2.45) is 7.05 Å². The van der Waals surface area contributed by atoms with Crippen LogP contribution in [0.15, 0.2) is 41.8 Å². The first-order valence-corrected chi connectivity index (χ1v) is 8.79. The summed E-state index contributed by atoms with van der Waals surface area (Å²) >= 11 is 0. The van der Waals surface area contributed by atoms with E-state index in [0.717, 1.165) is 16.7 Å². The number of benzene rings is 1. The van der Waals surface area contributed by atoms with Crippen molar-refractivity contribution < 1.29 is 8.42 Å². The number of rotatable bonds is 5. The van der Waals surface area contributed by atoms with Gasteiger partial charge in [-0.1, -0.05) is 29.8 Å². The number of H-pyrrole nitrogens is 1. The van der Waals surface area contributed by atoms with E-state index in [1.165, 1.54) is 4.57 Å². The molecule has 0 aliphatic rings. The molecule has 0 saturated carbocycles. The molecular weight excluding hydrogens is 314 g/mol. The minimum atomic E-state index is -3.51. The molecule has 2 aromatic heterocycles. The molecule has 1 N–H and O–H groups in total. The van der Waals surface area contributed by atoms with Gasteiger partial charge in [-0.25, -0.2) is 8.42 Å². The zero-order chi connectivity index (χ0) is 16.4. The summed E-state index contributed by atoms with van der Waals surface area (Å²) in [6.45, 7) is 1.99. The highest BCUT2D eigenvalue weighted by molar-refractivity contribution is 7.91. The van der Waals surface area contributed by atoms with Crippen LogP contribution in [0.3, 0.4) is 0 Å². The van der Waals surface area contributed by atoms with Gasteiger partial charge in [-0.2, -0.15) is 5.10 Å². The van der Waals surface area contributed by atoms with Crippen molar-refractivity contribution in [2.45, 2.75) is 18.5 Å². The van der Waals surface area contributed by atoms with Gasteiger partial charge in [-0.15, -0.1) is 10.2 Å². The molecule has 1 aromatic carbocycles. The summed E-state index contributed by atoms with van der Waals surface area (Å²) in [6.07, 6.45) is 3.68.